The molecule has 7 heteroatoms. The molecule has 28 heavy (non-hydrogen) atoms. The zero-order valence-corrected chi connectivity index (χ0v) is 17.4. The maximum Gasteiger partial charge on any atom is 0.182 e. The molecule has 0 radical (unpaired) electrons. The van der Waals surface area contributed by atoms with Gasteiger partial charge in [-0.3, -0.25) is 5.43 Å². The lowest BCUT2D eigenvalue weighted by molar-refractivity contribution is 0.0962. The van der Waals surface area contributed by atoms with Gasteiger partial charge in [0.2, 0.25) is 0 Å². The number of para-hydroxylation sites is 2. The highest BCUT2D eigenvalue weighted by atomic mass is 32.2. The van der Waals surface area contributed by atoms with Crippen LogP contribution in [0.4, 0.5) is 5.69 Å². The smallest absolute Gasteiger partial charge is 0.182 e. The molecule has 0 unspecified atom stereocenters. The molecule has 1 aromatic heterocycles. The van der Waals surface area contributed by atoms with E-state index in [1.54, 1.807) is 18.9 Å². The lowest BCUT2D eigenvalue weighted by Gasteiger charge is -2.17. The molecule has 0 spiro atoms. The number of hydrogen-bond acceptors (Lipinski definition) is 5. The number of thioether (sulfide) groups is 1. The van der Waals surface area contributed by atoms with Crippen LogP contribution in [0.2, 0.25) is 0 Å². The number of ether oxygens (including phenoxy) is 2. The lowest BCUT2D eigenvalue weighted by Crippen LogP contribution is -2.25. The molecular weight excluding hydrogens is 372 g/mol. The number of hydrogen-bond donors (Lipinski definition) is 1. The van der Waals surface area contributed by atoms with E-state index in [-0.39, 0.29) is 0 Å². The van der Waals surface area contributed by atoms with Gasteiger partial charge in [-0.25, -0.2) is 4.99 Å². The van der Waals surface area contributed by atoms with Crippen LogP contribution in [0.1, 0.15) is 29.8 Å². The van der Waals surface area contributed by atoms with E-state index in [9.17, 15) is 0 Å². The van der Waals surface area contributed by atoms with Gasteiger partial charge >= 0.3 is 0 Å². The van der Waals surface area contributed by atoms with Crippen LogP contribution >= 0.6 is 11.8 Å². The van der Waals surface area contributed by atoms with Gasteiger partial charge in [0.15, 0.2) is 5.17 Å². The number of hydrazone groups is 1. The Bertz CT molecular complexity index is 913. The van der Waals surface area contributed by atoms with E-state index < -0.39 is 0 Å². The van der Waals surface area contributed by atoms with Gasteiger partial charge < -0.3 is 14.0 Å². The van der Waals surface area contributed by atoms with E-state index in [0.717, 1.165) is 47.6 Å². The average Bonchev–Trinajstić information content (AvgIpc) is 3.33. The van der Waals surface area contributed by atoms with Crippen molar-refractivity contribution in [2.75, 3.05) is 19.5 Å². The monoisotopic (exact) mass is 398 g/mol. The van der Waals surface area contributed by atoms with Gasteiger partial charge in [0.1, 0.15) is 11.4 Å². The number of benzene rings is 1. The Hall–Kier alpha value is -2.25. The minimum atomic E-state index is 0.332. The largest absolute Gasteiger partial charge is 0.494 e. The van der Waals surface area contributed by atoms with Crippen LogP contribution in [0.25, 0.3) is 0 Å². The molecule has 0 saturated carbocycles. The first-order valence-corrected chi connectivity index (χ1v) is 10.6. The molecule has 1 N–H and O–H groups in total. The summed E-state index contributed by atoms with van der Waals surface area (Å²) in [4.78, 5) is 4.65. The summed E-state index contributed by atoms with van der Waals surface area (Å²) >= 11 is 1.66. The first-order chi connectivity index (χ1) is 13.7. The van der Waals surface area contributed by atoms with Crippen LogP contribution in [0, 0.1) is 13.8 Å². The summed E-state index contributed by atoms with van der Waals surface area (Å²) in [6.45, 7) is 6.14. The zero-order valence-electron chi connectivity index (χ0n) is 16.6. The normalized spacial score (nSPS) is 20.9. The van der Waals surface area contributed by atoms with Crippen LogP contribution in [0.15, 0.2) is 40.4 Å². The fourth-order valence-corrected chi connectivity index (χ4v) is 4.48. The van der Waals surface area contributed by atoms with E-state index >= 15 is 0 Å². The molecule has 6 nitrogen and oxygen atoms in total. The molecule has 0 amide bonds. The highest BCUT2D eigenvalue weighted by molar-refractivity contribution is 8.14. The molecule has 2 aromatic rings. The third-order valence-corrected chi connectivity index (χ3v) is 6.11. The van der Waals surface area contributed by atoms with Crippen molar-refractivity contribution in [1.82, 2.24) is 9.99 Å². The third-order valence-electron chi connectivity index (χ3n) is 5.23. The van der Waals surface area contributed by atoms with Crippen LogP contribution in [-0.2, 0) is 11.3 Å². The average molecular weight is 399 g/mol. The minimum absolute atomic E-state index is 0.332. The van der Waals surface area contributed by atoms with Gasteiger partial charge in [0, 0.05) is 35.9 Å². The second-order valence-electron chi connectivity index (χ2n) is 7.08. The highest BCUT2D eigenvalue weighted by Gasteiger charge is 2.22. The van der Waals surface area contributed by atoms with Crippen molar-refractivity contribution in [2.24, 2.45) is 10.1 Å². The topological polar surface area (TPSA) is 60.1 Å². The Morgan fingerprint density at radius 3 is 2.93 bits per heavy atom. The number of amidine groups is 1. The Balaban J connectivity index is 1.51. The maximum absolute atomic E-state index is 5.82. The van der Waals surface area contributed by atoms with Crippen LogP contribution in [0.3, 0.4) is 0 Å². The second-order valence-corrected chi connectivity index (χ2v) is 8.04. The van der Waals surface area contributed by atoms with Crippen LogP contribution in [0.5, 0.6) is 5.75 Å². The third kappa shape index (κ3) is 3.95. The van der Waals surface area contributed by atoms with Gasteiger partial charge in [-0.1, -0.05) is 23.9 Å². The second kappa shape index (κ2) is 8.41. The maximum atomic E-state index is 5.82. The number of nitrogens with zero attached hydrogens (tertiary/aromatic N) is 3. The van der Waals surface area contributed by atoms with Crippen molar-refractivity contribution in [3.05, 3.63) is 47.3 Å². The number of nitrogens with one attached hydrogen (secondary N) is 1. The standard InChI is InChI=1S/C21H26N4O2S/c1-14-11-17(15(2)25(14)12-16-7-6-10-27-16)19-13-28-21(24-23-19)22-18-8-4-5-9-20(18)26-3/h4-5,8-9,11,16H,6-7,10,12-13H2,1-3H3,(H,22,24)/t16-/m1/s1. The van der Waals surface area contributed by atoms with Gasteiger partial charge in [-0.2, -0.15) is 5.10 Å². The summed E-state index contributed by atoms with van der Waals surface area (Å²) < 4.78 is 13.5. The predicted octanol–water partition coefficient (Wildman–Crippen LogP) is 4.02. The van der Waals surface area contributed by atoms with Gasteiger partial charge in [-0.15, -0.1) is 0 Å². The fraction of sp³-hybridized carbons (Fsp3) is 0.429. The molecule has 1 saturated heterocycles. The molecule has 2 aliphatic rings. The lowest BCUT2D eigenvalue weighted by atomic mass is 10.1. The van der Waals surface area contributed by atoms with E-state index in [1.165, 1.54) is 23.4 Å². The van der Waals surface area contributed by atoms with Crippen molar-refractivity contribution in [3.8, 4) is 5.75 Å². The molecular formula is C21H26N4O2S. The number of aromatic nitrogens is 1. The van der Waals surface area contributed by atoms with Crippen LogP contribution < -0.4 is 10.2 Å². The molecule has 3 heterocycles. The molecule has 1 aromatic carbocycles. The van der Waals surface area contributed by atoms with Gasteiger partial charge in [0.05, 0.1) is 18.9 Å². The Morgan fingerprint density at radius 2 is 2.21 bits per heavy atom. The van der Waals surface area contributed by atoms with Gasteiger partial charge in [-0.05, 0) is 44.9 Å². The van der Waals surface area contributed by atoms with Crippen molar-refractivity contribution >= 4 is 28.3 Å². The molecule has 1 fully saturated rings. The first kappa shape index (κ1) is 19.1. The summed E-state index contributed by atoms with van der Waals surface area (Å²) in [7, 11) is 1.66. The number of aliphatic imine (C=N–C) groups is 1. The summed E-state index contributed by atoms with van der Waals surface area (Å²) in [5.74, 6) is 1.54. The molecule has 2 aliphatic heterocycles. The van der Waals surface area contributed by atoms with Crippen molar-refractivity contribution < 1.29 is 9.47 Å². The van der Waals surface area contributed by atoms with Gasteiger partial charge in [0.25, 0.3) is 0 Å². The number of rotatable bonds is 5. The zero-order chi connectivity index (χ0) is 19.5. The van der Waals surface area contributed by atoms with Crippen molar-refractivity contribution in [2.45, 2.75) is 39.3 Å². The first-order valence-electron chi connectivity index (χ1n) is 9.61. The summed E-state index contributed by atoms with van der Waals surface area (Å²) in [6.07, 6.45) is 2.64. The molecule has 0 bridgehead atoms. The summed E-state index contributed by atoms with van der Waals surface area (Å²) in [5, 5.41) is 5.39. The number of aryl methyl sites for hydroxylation is 1. The minimum Gasteiger partial charge on any atom is -0.494 e. The van der Waals surface area contributed by atoms with E-state index in [4.69, 9.17) is 9.47 Å². The quantitative estimate of drug-likeness (QED) is 0.826. The van der Waals surface area contributed by atoms with Crippen LogP contribution in [-0.4, -0.2) is 41.0 Å². The Morgan fingerprint density at radius 1 is 1.36 bits per heavy atom. The Kier molecular flexibility index (Phi) is 5.73. The fourth-order valence-electron chi connectivity index (χ4n) is 3.71. The molecule has 148 valence electrons. The summed E-state index contributed by atoms with van der Waals surface area (Å²) in [6, 6.07) is 9.96. The van der Waals surface area contributed by atoms with Crippen molar-refractivity contribution in [1.29, 1.82) is 0 Å². The molecule has 1 atom stereocenters. The highest BCUT2D eigenvalue weighted by Crippen LogP contribution is 2.29. The predicted molar refractivity (Wildman–Crippen MR) is 115 cm³/mol. The number of methoxy groups -OCH3 is 1. The van der Waals surface area contributed by atoms with E-state index in [2.05, 4.69) is 40.0 Å². The van der Waals surface area contributed by atoms with E-state index in [0.29, 0.717) is 6.10 Å². The SMILES string of the molecule is COc1ccccc1N=C1NN=C(c2cc(C)n(C[C@H]3CCCO3)c2C)CS1. The molecule has 0 aliphatic carbocycles. The molecule has 4 rings (SSSR count). The summed E-state index contributed by atoms with van der Waals surface area (Å²) in [5.41, 5.74) is 8.66. The Labute approximate surface area is 170 Å². The van der Waals surface area contributed by atoms with Crippen molar-refractivity contribution in [3.63, 3.8) is 0 Å². The van der Waals surface area contributed by atoms with E-state index in [1.807, 2.05) is 24.3 Å².